The van der Waals surface area contributed by atoms with Crippen molar-refractivity contribution in [2.45, 2.75) is 45.6 Å². The second-order valence-corrected chi connectivity index (χ2v) is 6.86. The summed E-state index contributed by atoms with van der Waals surface area (Å²) in [5.41, 5.74) is 3.26. The predicted octanol–water partition coefficient (Wildman–Crippen LogP) is 3.64. The Hall–Kier alpha value is -1.01. The second-order valence-electron chi connectivity index (χ2n) is 6.44. The van der Waals surface area contributed by atoms with Crippen molar-refractivity contribution in [2.24, 2.45) is 17.3 Å². The Labute approximate surface area is 115 Å². The van der Waals surface area contributed by atoms with Gasteiger partial charge in [0.05, 0.1) is 5.56 Å². The van der Waals surface area contributed by atoms with Gasteiger partial charge in [-0.3, -0.25) is 0 Å². The number of nitriles is 1. The zero-order valence-electron chi connectivity index (χ0n) is 11.5. The number of fused-ring (bicyclic) bond motifs is 1. The largest absolute Gasteiger partial charge is 0.245 e. The molecule has 0 saturated carbocycles. The Balaban J connectivity index is 2.42. The predicted molar refractivity (Wildman–Crippen MR) is 75.7 cm³/mol. The van der Waals surface area contributed by atoms with Crippen LogP contribution < -0.4 is 0 Å². The number of hydrogen-bond donors (Lipinski definition) is 1. The average Bonchev–Trinajstić information content (AvgIpc) is 2.26. The quantitative estimate of drug-likeness (QED) is 0.723. The molecule has 0 N–H and O–H groups in total. The molecule has 18 heavy (non-hydrogen) atoms. The highest BCUT2D eigenvalue weighted by atomic mass is 32.1. The van der Waals surface area contributed by atoms with E-state index in [0.29, 0.717) is 27.8 Å². The van der Waals surface area contributed by atoms with Crippen molar-refractivity contribution in [3.05, 3.63) is 22.9 Å². The molecule has 1 aliphatic rings. The molecule has 2 nitrogen and oxygen atoms in total. The zero-order chi connectivity index (χ0) is 13.5. The lowest BCUT2D eigenvalue weighted by Gasteiger charge is -2.39. The molecular weight excluding hydrogens is 240 g/mol. The van der Waals surface area contributed by atoms with E-state index >= 15 is 0 Å². The fourth-order valence-corrected chi connectivity index (χ4v) is 3.30. The highest BCUT2D eigenvalue weighted by molar-refractivity contribution is 7.80. The van der Waals surface area contributed by atoms with Gasteiger partial charge in [-0.2, -0.15) is 5.26 Å². The van der Waals surface area contributed by atoms with Crippen LogP contribution in [0.2, 0.25) is 0 Å². The van der Waals surface area contributed by atoms with Crippen molar-refractivity contribution in [3.8, 4) is 6.07 Å². The first-order chi connectivity index (χ1) is 8.32. The molecule has 1 heterocycles. The SMILES string of the molecule is CC1Cc2nc(S)c(C#N)cc2CC1C(C)(C)C. The molecular formula is C15H20N2S. The first-order valence-electron chi connectivity index (χ1n) is 6.44. The van der Waals surface area contributed by atoms with Crippen LogP contribution in [0.5, 0.6) is 0 Å². The Morgan fingerprint density at radius 1 is 1.39 bits per heavy atom. The number of aromatic nitrogens is 1. The van der Waals surface area contributed by atoms with Crippen LogP contribution in [-0.2, 0) is 12.8 Å². The maximum absolute atomic E-state index is 9.06. The monoisotopic (exact) mass is 260 g/mol. The molecule has 1 aliphatic carbocycles. The van der Waals surface area contributed by atoms with E-state index in [9.17, 15) is 0 Å². The summed E-state index contributed by atoms with van der Waals surface area (Å²) in [5.74, 6) is 1.27. The summed E-state index contributed by atoms with van der Waals surface area (Å²) in [6.45, 7) is 9.19. The fraction of sp³-hybridized carbons (Fsp3) is 0.600. The molecule has 0 aromatic carbocycles. The van der Waals surface area contributed by atoms with Gasteiger partial charge < -0.3 is 0 Å². The van der Waals surface area contributed by atoms with E-state index in [2.05, 4.69) is 51.4 Å². The summed E-state index contributed by atoms with van der Waals surface area (Å²) in [4.78, 5) is 4.49. The van der Waals surface area contributed by atoms with Crippen LogP contribution in [0.4, 0.5) is 0 Å². The average molecular weight is 260 g/mol. The van der Waals surface area contributed by atoms with E-state index < -0.39 is 0 Å². The van der Waals surface area contributed by atoms with Crippen LogP contribution in [-0.4, -0.2) is 4.98 Å². The first-order valence-corrected chi connectivity index (χ1v) is 6.89. The molecule has 1 aromatic heterocycles. The van der Waals surface area contributed by atoms with E-state index in [1.807, 2.05) is 6.07 Å². The molecule has 3 heteroatoms. The summed E-state index contributed by atoms with van der Waals surface area (Å²) in [7, 11) is 0. The normalized spacial score (nSPS) is 23.3. The third kappa shape index (κ3) is 2.40. The summed E-state index contributed by atoms with van der Waals surface area (Å²) in [6, 6.07) is 4.15. The van der Waals surface area contributed by atoms with Gasteiger partial charge in [0.2, 0.25) is 0 Å². The zero-order valence-corrected chi connectivity index (χ0v) is 12.4. The Morgan fingerprint density at radius 2 is 2.06 bits per heavy atom. The van der Waals surface area contributed by atoms with E-state index in [-0.39, 0.29) is 0 Å². The van der Waals surface area contributed by atoms with Crippen molar-refractivity contribution in [1.29, 1.82) is 5.26 Å². The van der Waals surface area contributed by atoms with Gasteiger partial charge in [-0.15, -0.1) is 12.6 Å². The minimum Gasteiger partial charge on any atom is -0.245 e. The third-order valence-corrected chi connectivity index (χ3v) is 4.39. The molecule has 0 radical (unpaired) electrons. The molecule has 2 rings (SSSR count). The molecule has 0 spiro atoms. The van der Waals surface area contributed by atoms with Gasteiger partial charge in [-0.1, -0.05) is 27.7 Å². The molecule has 0 aliphatic heterocycles. The van der Waals surface area contributed by atoms with Crippen LogP contribution >= 0.6 is 12.6 Å². The lowest BCUT2D eigenvalue weighted by atomic mass is 9.66. The Kier molecular flexibility index (Phi) is 3.42. The van der Waals surface area contributed by atoms with Crippen LogP contribution in [0.1, 0.15) is 44.5 Å². The van der Waals surface area contributed by atoms with Crippen LogP contribution in [0.25, 0.3) is 0 Å². The third-order valence-electron chi connectivity index (χ3n) is 4.05. The summed E-state index contributed by atoms with van der Waals surface area (Å²) < 4.78 is 0. The van der Waals surface area contributed by atoms with E-state index in [0.717, 1.165) is 18.5 Å². The maximum Gasteiger partial charge on any atom is 0.111 e. The highest BCUT2D eigenvalue weighted by Crippen LogP contribution is 2.40. The minimum atomic E-state index is 0.295. The molecule has 0 saturated heterocycles. The molecule has 96 valence electrons. The number of thiol groups is 1. The van der Waals surface area contributed by atoms with E-state index in [1.54, 1.807) is 0 Å². The summed E-state index contributed by atoms with van der Waals surface area (Å²) >= 11 is 4.29. The van der Waals surface area contributed by atoms with E-state index in [1.165, 1.54) is 5.56 Å². The molecule has 1 aromatic rings. The second kappa shape index (κ2) is 4.59. The Bertz CT molecular complexity index is 508. The Morgan fingerprint density at radius 3 is 2.61 bits per heavy atom. The highest BCUT2D eigenvalue weighted by Gasteiger charge is 2.34. The summed E-state index contributed by atoms with van der Waals surface area (Å²) in [5, 5.41) is 9.63. The smallest absolute Gasteiger partial charge is 0.111 e. The van der Waals surface area contributed by atoms with Crippen LogP contribution in [0.3, 0.4) is 0 Å². The number of hydrogen-bond acceptors (Lipinski definition) is 3. The van der Waals surface area contributed by atoms with Crippen molar-refractivity contribution >= 4 is 12.6 Å². The molecule has 0 amide bonds. The topological polar surface area (TPSA) is 36.7 Å². The van der Waals surface area contributed by atoms with Gasteiger partial charge in [-0.05, 0) is 41.7 Å². The first kappa shape index (κ1) is 13.4. The molecule has 0 fully saturated rings. The molecule has 0 bridgehead atoms. The number of rotatable bonds is 0. The van der Waals surface area contributed by atoms with Crippen molar-refractivity contribution in [1.82, 2.24) is 4.98 Å². The van der Waals surface area contributed by atoms with Gasteiger partial charge in [0.1, 0.15) is 11.1 Å². The lowest BCUT2D eigenvalue weighted by Crippen LogP contribution is -2.34. The standard InChI is InChI=1S/C15H20N2S/c1-9-5-13-10(7-12(9)15(2,3)4)6-11(8-16)14(18)17-13/h6,9,12H,5,7H2,1-4H3,(H,17,18). The van der Waals surface area contributed by atoms with Crippen LogP contribution in [0.15, 0.2) is 11.1 Å². The van der Waals surface area contributed by atoms with Gasteiger partial charge in [-0.25, -0.2) is 4.98 Å². The van der Waals surface area contributed by atoms with Crippen molar-refractivity contribution < 1.29 is 0 Å². The maximum atomic E-state index is 9.06. The van der Waals surface area contributed by atoms with Gasteiger partial charge in [0, 0.05) is 5.69 Å². The minimum absolute atomic E-state index is 0.295. The number of pyridine rings is 1. The van der Waals surface area contributed by atoms with Crippen molar-refractivity contribution in [3.63, 3.8) is 0 Å². The van der Waals surface area contributed by atoms with Gasteiger partial charge in [0.25, 0.3) is 0 Å². The van der Waals surface area contributed by atoms with Gasteiger partial charge in [0.15, 0.2) is 0 Å². The summed E-state index contributed by atoms with van der Waals surface area (Å²) in [6.07, 6.45) is 2.02. The fourth-order valence-electron chi connectivity index (χ4n) is 3.06. The van der Waals surface area contributed by atoms with Crippen molar-refractivity contribution in [2.75, 3.05) is 0 Å². The molecule has 2 atom stereocenters. The number of nitrogens with zero attached hydrogens (tertiary/aromatic N) is 2. The lowest BCUT2D eigenvalue weighted by molar-refractivity contribution is 0.155. The van der Waals surface area contributed by atoms with Crippen LogP contribution in [0, 0.1) is 28.6 Å². The van der Waals surface area contributed by atoms with Gasteiger partial charge >= 0.3 is 0 Å². The van der Waals surface area contributed by atoms with E-state index in [4.69, 9.17) is 5.26 Å². The molecule has 2 unspecified atom stereocenters.